The molecule has 1 N–H and O–H groups in total. The first-order valence-electron chi connectivity index (χ1n) is 10.4. The molecule has 1 saturated heterocycles. The lowest BCUT2D eigenvalue weighted by Crippen LogP contribution is -2.39. The molecular formula is C21H21ClF3N5O2S. The molecule has 1 unspecified atom stereocenters. The second kappa shape index (κ2) is 8.94. The van der Waals surface area contributed by atoms with Crippen LogP contribution in [-0.2, 0) is 12.7 Å². The minimum absolute atomic E-state index is 0.0810. The number of fused-ring (bicyclic) bond motifs is 1. The van der Waals surface area contributed by atoms with Crippen molar-refractivity contribution in [1.29, 1.82) is 0 Å². The number of carbonyl (C=O) groups excluding carboxylic acids is 1. The number of thiazole rings is 1. The van der Waals surface area contributed by atoms with E-state index in [9.17, 15) is 22.8 Å². The smallest absolute Gasteiger partial charge is 0.334 e. The number of nitrogens with zero attached hydrogens (tertiary/aromatic N) is 4. The molecule has 3 aromatic rings. The first-order valence-corrected chi connectivity index (χ1v) is 11.6. The van der Waals surface area contributed by atoms with E-state index in [0.29, 0.717) is 34.0 Å². The van der Waals surface area contributed by atoms with Crippen LogP contribution in [0.5, 0.6) is 0 Å². The summed E-state index contributed by atoms with van der Waals surface area (Å²) in [6.07, 6.45) is -3.48. The van der Waals surface area contributed by atoms with Crippen molar-refractivity contribution in [3.63, 3.8) is 0 Å². The van der Waals surface area contributed by atoms with Gasteiger partial charge < -0.3 is 10.2 Å². The Balaban J connectivity index is 1.64. The highest BCUT2D eigenvalue weighted by Gasteiger charge is 2.39. The van der Waals surface area contributed by atoms with E-state index in [1.165, 1.54) is 13.8 Å². The van der Waals surface area contributed by atoms with E-state index in [4.69, 9.17) is 11.6 Å². The Hall–Kier alpha value is -2.66. The zero-order valence-electron chi connectivity index (χ0n) is 17.8. The van der Waals surface area contributed by atoms with Crippen molar-refractivity contribution in [1.82, 2.24) is 24.8 Å². The van der Waals surface area contributed by atoms with Gasteiger partial charge in [0.1, 0.15) is 5.01 Å². The van der Waals surface area contributed by atoms with Crippen molar-refractivity contribution < 1.29 is 18.0 Å². The predicted molar refractivity (Wildman–Crippen MR) is 119 cm³/mol. The monoisotopic (exact) mass is 499 g/mol. The van der Waals surface area contributed by atoms with Crippen LogP contribution in [0.2, 0.25) is 5.02 Å². The van der Waals surface area contributed by atoms with Gasteiger partial charge in [-0.3, -0.25) is 9.36 Å². The first-order chi connectivity index (χ1) is 15.6. The Bertz CT molecular complexity index is 1260. The van der Waals surface area contributed by atoms with Gasteiger partial charge in [-0.2, -0.15) is 13.2 Å². The molecule has 176 valence electrons. The van der Waals surface area contributed by atoms with Gasteiger partial charge in [0.15, 0.2) is 10.3 Å². The zero-order chi connectivity index (χ0) is 23.9. The predicted octanol–water partition coefficient (Wildman–Crippen LogP) is 5.15. The fraction of sp³-hybridized carbons (Fsp3) is 0.429. The molecule has 0 aliphatic carbocycles. The second-order valence-electron chi connectivity index (χ2n) is 8.01. The molecule has 0 bridgehead atoms. The highest BCUT2D eigenvalue weighted by molar-refractivity contribution is 7.18. The highest BCUT2D eigenvalue weighted by atomic mass is 35.5. The summed E-state index contributed by atoms with van der Waals surface area (Å²) in [6.45, 7) is 3.67. The molecule has 4 rings (SSSR count). The number of urea groups is 1. The fourth-order valence-corrected chi connectivity index (χ4v) is 5.19. The van der Waals surface area contributed by atoms with Crippen LogP contribution in [0.3, 0.4) is 0 Å². The van der Waals surface area contributed by atoms with Gasteiger partial charge in [-0.25, -0.2) is 14.8 Å². The quantitative estimate of drug-likeness (QED) is 0.538. The lowest BCUT2D eigenvalue weighted by Gasteiger charge is -2.23. The number of alkyl halides is 3. The maximum Gasteiger partial charge on any atom is 0.449 e. The van der Waals surface area contributed by atoms with E-state index < -0.39 is 29.6 Å². The van der Waals surface area contributed by atoms with Crippen molar-refractivity contribution >= 4 is 39.3 Å². The molecule has 1 aliphatic rings. The summed E-state index contributed by atoms with van der Waals surface area (Å²) in [6, 6.07) is 5.63. The third-order valence-corrected chi connectivity index (χ3v) is 6.86. The summed E-state index contributed by atoms with van der Waals surface area (Å²) >= 11 is 7.06. The topological polar surface area (TPSA) is 80.1 Å². The molecule has 2 aromatic heterocycles. The van der Waals surface area contributed by atoms with Crippen molar-refractivity contribution in [2.24, 2.45) is 0 Å². The average molecular weight is 500 g/mol. The first kappa shape index (κ1) is 23.5. The van der Waals surface area contributed by atoms with E-state index in [2.05, 4.69) is 15.3 Å². The van der Waals surface area contributed by atoms with Crippen LogP contribution in [0.25, 0.3) is 10.3 Å². The molecule has 0 radical (unpaired) electrons. The fourth-order valence-electron chi connectivity index (χ4n) is 3.91. The molecule has 33 heavy (non-hydrogen) atoms. The normalized spacial score (nSPS) is 16.7. The summed E-state index contributed by atoms with van der Waals surface area (Å²) in [5.74, 6) is -1.24. The number of carbonyl (C=O) groups is 1. The van der Waals surface area contributed by atoms with Crippen LogP contribution in [0.4, 0.5) is 18.0 Å². The Morgan fingerprint density at radius 3 is 2.70 bits per heavy atom. The number of benzene rings is 1. The van der Waals surface area contributed by atoms with Crippen LogP contribution >= 0.6 is 22.9 Å². The second-order valence-corrected chi connectivity index (χ2v) is 9.43. The number of aromatic nitrogens is 3. The molecule has 2 amide bonds. The minimum atomic E-state index is -4.78. The van der Waals surface area contributed by atoms with Gasteiger partial charge in [0.05, 0.1) is 6.04 Å². The van der Waals surface area contributed by atoms with Gasteiger partial charge in [0.2, 0.25) is 5.82 Å². The third-order valence-electron chi connectivity index (χ3n) is 5.44. The lowest BCUT2D eigenvalue weighted by atomic mass is 10.2. The number of amides is 2. The Morgan fingerprint density at radius 2 is 2.03 bits per heavy atom. The van der Waals surface area contributed by atoms with E-state index in [0.717, 1.165) is 16.9 Å². The zero-order valence-corrected chi connectivity index (χ0v) is 19.4. The van der Waals surface area contributed by atoms with Gasteiger partial charge in [-0.05, 0) is 38.3 Å². The SMILES string of the molecule is CC(C)n1c(C(F)(F)F)nc2sc(C3CCCN3C(=O)NCc3ccccc3Cl)nc2c1=O. The van der Waals surface area contributed by atoms with E-state index in [-0.39, 0.29) is 22.9 Å². The van der Waals surface area contributed by atoms with Crippen LogP contribution < -0.4 is 10.9 Å². The van der Waals surface area contributed by atoms with Gasteiger partial charge in [-0.1, -0.05) is 41.1 Å². The van der Waals surface area contributed by atoms with Gasteiger partial charge >= 0.3 is 12.2 Å². The lowest BCUT2D eigenvalue weighted by molar-refractivity contribution is -0.148. The Morgan fingerprint density at radius 1 is 1.30 bits per heavy atom. The van der Waals surface area contributed by atoms with Crippen molar-refractivity contribution in [2.75, 3.05) is 6.54 Å². The molecule has 1 aliphatic heterocycles. The number of hydrogen-bond donors (Lipinski definition) is 1. The van der Waals surface area contributed by atoms with Crippen LogP contribution in [0.15, 0.2) is 29.1 Å². The van der Waals surface area contributed by atoms with Crippen LogP contribution in [-0.4, -0.2) is 32.0 Å². The van der Waals surface area contributed by atoms with Crippen LogP contribution in [0, 0.1) is 0 Å². The van der Waals surface area contributed by atoms with Crippen molar-refractivity contribution in [2.45, 2.75) is 51.5 Å². The van der Waals surface area contributed by atoms with Gasteiger partial charge in [0, 0.05) is 24.2 Å². The Labute approximate surface area is 196 Å². The molecule has 1 atom stereocenters. The summed E-state index contributed by atoms with van der Waals surface area (Å²) in [7, 11) is 0. The van der Waals surface area contributed by atoms with Crippen molar-refractivity contribution in [3.8, 4) is 0 Å². The number of hydrogen-bond acceptors (Lipinski definition) is 5. The largest absolute Gasteiger partial charge is 0.449 e. The van der Waals surface area contributed by atoms with Crippen molar-refractivity contribution in [3.05, 3.63) is 56.0 Å². The molecule has 0 saturated carbocycles. The number of halogens is 4. The van der Waals surface area contributed by atoms with Gasteiger partial charge in [0.25, 0.3) is 5.56 Å². The maximum absolute atomic E-state index is 13.5. The third kappa shape index (κ3) is 4.56. The number of nitrogens with one attached hydrogen (secondary N) is 1. The number of rotatable bonds is 4. The molecule has 12 heteroatoms. The molecule has 3 heterocycles. The minimum Gasteiger partial charge on any atom is -0.334 e. The highest BCUT2D eigenvalue weighted by Crippen LogP contribution is 2.37. The molecule has 0 spiro atoms. The number of likely N-dealkylation sites (tertiary alicyclic amines) is 1. The standard InChI is InChI=1S/C21H21ClF3N5O2S/c1-11(2)30-18(31)15-17(28-19(30)21(23,24)25)33-16(27-15)14-8-5-9-29(14)20(32)26-10-12-6-3-4-7-13(12)22/h3-4,6-7,11,14H,5,8-10H2,1-2H3,(H,26,32). The molecule has 1 aromatic carbocycles. The summed E-state index contributed by atoms with van der Waals surface area (Å²) in [4.78, 5) is 35.3. The van der Waals surface area contributed by atoms with Gasteiger partial charge in [-0.15, -0.1) is 0 Å². The van der Waals surface area contributed by atoms with E-state index >= 15 is 0 Å². The van der Waals surface area contributed by atoms with E-state index in [1.54, 1.807) is 23.1 Å². The summed E-state index contributed by atoms with van der Waals surface area (Å²) in [5.41, 5.74) is -0.182. The van der Waals surface area contributed by atoms with Crippen LogP contribution in [0.1, 0.15) is 55.2 Å². The average Bonchev–Trinajstić information content (AvgIpc) is 3.39. The Kier molecular flexibility index (Phi) is 6.37. The van der Waals surface area contributed by atoms with E-state index in [1.807, 2.05) is 6.07 Å². The summed E-state index contributed by atoms with van der Waals surface area (Å²) < 4.78 is 41.2. The summed E-state index contributed by atoms with van der Waals surface area (Å²) in [5, 5.41) is 3.76. The molecule has 7 nitrogen and oxygen atoms in total. The molecule has 1 fully saturated rings. The maximum atomic E-state index is 13.5. The molecular weight excluding hydrogens is 479 g/mol.